The molecule has 0 aliphatic carbocycles. The Kier molecular flexibility index (Phi) is 2.40. The number of aliphatic imine (C=N–C) groups is 1. The summed E-state index contributed by atoms with van der Waals surface area (Å²) in [6.45, 7) is 4.21. The minimum absolute atomic E-state index is 0.826. The Labute approximate surface area is 101 Å². The molecule has 0 atom stereocenters. The van der Waals surface area contributed by atoms with Gasteiger partial charge in [-0.05, 0) is 37.0 Å². The fourth-order valence-electron chi connectivity index (χ4n) is 2.48. The fourth-order valence-corrected chi connectivity index (χ4v) is 2.63. The van der Waals surface area contributed by atoms with Crippen molar-refractivity contribution in [1.82, 2.24) is 4.90 Å². The van der Waals surface area contributed by atoms with Crippen molar-refractivity contribution in [3.05, 3.63) is 28.3 Å². The highest BCUT2D eigenvalue weighted by Gasteiger charge is 2.22. The maximum Gasteiger partial charge on any atom is 0.105 e. The van der Waals surface area contributed by atoms with Gasteiger partial charge < -0.3 is 4.90 Å². The number of benzene rings is 1. The summed E-state index contributed by atoms with van der Waals surface area (Å²) in [6, 6.07) is 4.18. The predicted molar refractivity (Wildman–Crippen MR) is 67.5 cm³/mol. The zero-order valence-electron chi connectivity index (χ0n) is 9.46. The Hall–Kier alpha value is -1.02. The summed E-state index contributed by atoms with van der Waals surface area (Å²) in [5, 5.41) is 0.826. The van der Waals surface area contributed by atoms with Crippen molar-refractivity contribution < 1.29 is 0 Å². The number of amidine groups is 1. The van der Waals surface area contributed by atoms with E-state index in [9.17, 15) is 0 Å². The van der Waals surface area contributed by atoms with Crippen molar-refractivity contribution in [2.24, 2.45) is 4.99 Å². The smallest absolute Gasteiger partial charge is 0.105 e. The van der Waals surface area contributed by atoms with Gasteiger partial charge in [-0.25, -0.2) is 4.99 Å². The van der Waals surface area contributed by atoms with Crippen molar-refractivity contribution in [3.63, 3.8) is 0 Å². The quantitative estimate of drug-likeness (QED) is 0.669. The predicted octanol–water partition coefficient (Wildman–Crippen LogP) is 3.68. The van der Waals surface area contributed by atoms with Crippen molar-refractivity contribution in [2.45, 2.75) is 32.7 Å². The molecule has 2 aliphatic rings. The highest BCUT2D eigenvalue weighted by atomic mass is 35.5. The highest BCUT2D eigenvalue weighted by Crippen LogP contribution is 2.33. The number of rotatable bonds is 0. The van der Waals surface area contributed by atoms with Crippen molar-refractivity contribution >= 4 is 23.1 Å². The molecule has 0 N–H and O–H groups in total. The van der Waals surface area contributed by atoms with Crippen molar-refractivity contribution in [3.8, 4) is 0 Å². The first-order chi connectivity index (χ1) is 7.74. The number of hydrogen-bond donors (Lipinski definition) is 0. The van der Waals surface area contributed by atoms with Gasteiger partial charge in [0.2, 0.25) is 0 Å². The molecule has 1 saturated heterocycles. The van der Waals surface area contributed by atoms with Gasteiger partial charge in [-0.1, -0.05) is 17.7 Å². The van der Waals surface area contributed by atoms with E-state index in [0.29, 0.717) is 0 Å². The Morgan fingerprint density at radius 3 is 3.06 bits per heavy atom. The number of aryl methyl sites for hydroxylation is 1. The maximum atomic E-state index is 6.14. The van der Waals surface area contributed by atoms with Crippen LogP contribution in [0.4, 0.5) is 5.69 Å². The van der Waals surface area contributed by atoms with Gasteiger partial charge in [0.15, 0.2) is 0 Å². The van der Waals surface area contributed by atoms with Crippen LogP contribution in [0.15, 0.2) is 17.1 Å². The maximum absolute atomic E-state index is 6.14. The molecule has 84 valence electrons. The van der Waals surface area contributed by atoms with Crippen LogP contribution in [0, 0.1) is 6.92 Å². The van der Waals surface area contributed by atoms with Crippen LogP contribution in [-0.4, -0.2) is 17.3 Å². The van der Waals surface area contributed by atoms with E-state index in [4.69, 9.17) is 16.6 Å². The number of hydrogen-bond acceptors (Lipinski definition) is 2. The molecule has 0 aromatic heterocycles. The zero-order chi connectivity index (χ0) is 11.1. The fraction of sp³-hybridized carbons (Fsp3) is 0.462. The van der Waals surface area contributed by atoms with Gasteiger partial charge in [-0.3, -0.25) is 0 Å². The van der Waals surface area contributed by atoms with Gasteiger partial charge in [0.25, 0.3) is 0 Å². The number of fused-ring (bicyclic) bond motifs is 2. The summed E-state index contributed by atoms with van der Waals surface area (Å²) in [6.07, 6.45) is 3.68. The minimum atomic E-state index is 0.826. The summed E-state index contributed by atoms with van der Waals surface area (Å²) in [5.41, 5.74) is 3.53. The monoisotopic (exact) mass is 234 g/mol. The molecule has 3 rings (SSSR count). The van der Waals surface area contributed by atoms with Crippen LogP contribution in [-0.2, 0) is 6.54 Å². The lowest BCUT2D eigenvalue weighted by Gasteiger charge is -2.34. The van der Waals surface area contributed by atoms with E-state index in [1.54, 1.807) is 0 Å². The molecule has 0 amide bonds. The summed E-state index contributed by atoms with van der Waals surface area (Å²) in [7, 11) is 0. The average molecular weight is 235 g/mol. The Bertz CT molecular complexity index is 465. The first-order valence-electron chi connectivity index (χ1n) is 5.85. The molecule has 0 radical (unpaired) electrons. The third-order valence-electron chi connectivity index (χ3n) is 3.41. The van der Waals surface area contributed by atoms with Gasteiger partial charge in [0, 0.05) is 24.5 Å². The second kappa shape index (κ2) is 3.77. The lowest BCUT2D eigenvalue weighted by Crippen LogP contribution is -2.36. The molecule has 0 bridgehead atoms. The Morgan fingerprint density at radius 1 is 1.31 bits per heavy atom. The number of nitrogens with zero attached hydrogens (tertiary/aromatic N) is 2. The van der Waals surface area contributed by atoms with Gasteiger partial charge in [0.1, 0.15) is 5.84 Å². The minimum Gasteiger partial charge on any atom is -0.356 e. The first-order valence-corrected chi connectivity index (χ1v) is 6.23. The molecule has 0 unspecified atom stereocenters. The van der Waals surface area contributed by atoms with E-state index < -0.39 is 0 Å². The summed E-state index contributed by atoms with van der Waals surface area (Å²) in [5.74, 6) is 1.25. The van der Waals surface area contributed by atoms with E-state index in [0.717, 1.165) is 35.8 Å². The summed E-state index contributed by atoms with van der Waals surface area (Å²) in [4.78, 5) is 7.13. The molecule has 1 aromatic carbocycles. The van der Waals surface area contributed by atoms with Crippen LogP contribution in [0.25, 0.3) is 0 Å². The van der Waals surface area contributed by atoms with Crippen LogP contribution in [0.5, 0.6) is 0 Å². The molecule has 3 heteroatoms. The molecule has 2 nitrogen and oxygen atoms in total. The third kappa shape index (κ3) is 1.61. The Balaban J connectivity index is 2.06. The molecule has 16 heavy (non-hydrogen) atoms. The third-order valence-corrected chi connectivity index (χ3v) is 3.82. The number of piperidine rings is 1. The number of halogens is 1. The molecule has 1 aromatic rings. The molecule has 2 aliphatic heterocycles. The SMILES string of the molecule is Cc1cc2c(cc1Cl)N=C1CCCCN1C2. The van der Waals surface area contributed by atoms with E-state index in [1.165, 1.54) is 24.2 Å². The van der Waals surface area contributed by atoms with Gasteiger partial charge in [-0.15, -0.1) is 0 Å². The second-order valence-corrected chi connectivity index (χ2v) is 5.04. The Morgan fingerprint density at radius 2 is 2.19 bits per heavy atom. The van der Waals surface area contributed by atoms with E-state index in [-0.39, 0.29) is 0 Å². The normalized spacial score (nSPS) is 18.9. The van der Waals surface area contributed by atoms with E-state index >= 15 is 0 Å². The standard InChI is InChI=1S/C13H15ClN2/c1-9-6-10-8-16-5-3-2-4-13(16)15-12(10)7-11(9)14/h6-7H,2-5,8H2,1H3. The van der Waals surface area contributed by atoms with Crippen LogP contribution in [0.2, 0.25) is 5.02 Å². The van der Waals surface area contributed by atoms with Crippen molar-refractivity contribution in [2.75, 3.05) is 6.54 Å². The highest BCUT2D eigenvalue weighted by molar-refractivity contribution is 6.31. The van der Waals surface area contributed by atoms with E-state index in [2.05, 4.69) is 17.9 Å². The van der Waals surface area contributed by atoms with Crippen LogP contribution < -0.4 is 0 Å². The van der Waals surface area contributed by atoms with Crippen LogP contribution in [0.1, 0.15) is 30.4 Å². The van der Waals surface area contributed by atoms with E-state index in [1.807, 2.05) is 6.07 Å². The zero-order valence-corrected chi connectivity index (χ0v) is 10.2. The van der Waals surface area contributed by atoms with Crippen molar-refractivity contribution in [1.29, 1.82) is 0 Å². The average Bonchev–Trinajstić information content (AvgIpc) is 2.28. The molecule has 2 heterocycles. The molecule has 1 fully saturated rings. The summed E-state index contributed by atoms with van der Waals surface area (Å²) >= 11 is 6.14. The second-order valence-electron chi connectivity index (χ2n) is 4.64. The lowest BCUT2D eigenvalue weighted by atomic mass is 10.0. The molecule has 0 saturated carbocycles. The first kappa shape index (κ1) is 10.2. The largest absolute Gasteiger partial charge is 0.356 e. The molecule has 0 spiro atoms. The lowest BCUT2D eigenvalue weighted by molar-refractivity contribution is 0.359. The van der Waals surface area contributed by atoms with Crippen LogP contribution in [0.3, 0.4) is 0 Å². The van der Waals surface area contributed by atoms with Gasteiger partial charge >= 0.3 is 0 Å². The van der Waals surface area contributed by atoms with Gasteiger partial charge in [0.05, 0.1) is 5.69 Å². The molecular formula is C13H15ClN2. The molecular weight excluding hydrogens is 220 g/mol. The van der Waals surface area contributed by atoms with Crippen LogP contribution >= 0.6 is 11.6 Å². The topological polar surface area (TPSA) is 15.6 Å². The van der Waals surface area contributed by atoms with Gasteiger partial charge in [-0.2, -0.15) is 0 Å². The summed E-state index contributed by atoms with van der Waals surface area (Å²) < 4.78 is 0.